The Hall–Kier alpha value is -4.16. The van der Waals surface area contributed by atoms with E-state index in [1.807, 2.05) is 20.8 Å². The highest BCUT2D eigenvalue weighted by molar-refractivity contribution is 6.20. The van der Waals surface area contributed by atoms with E-state index in [0.29, 0.717) is 23.9 Å². The normalized spacial score (nSPS) is 16.5. The molecular weight excluding hydrogens is 541 g/mol. The molecule has 3 amide bonds. The van der Waals surface area contributed by atoms with Crippen LogP contribution in [0.15, 0.2) is 42.7 Å². The summed E-state index contributed by atoms with van der Waals surface area (Å²) in [7, 11) is 3.08. The maximum atomic E-state index is 14.5. The first-order valence-corrected chi connectivity index (χ1v) is 13.9. The average molecular weight is 580 g/mol. The minimum absolute atomic E-state index is 0.158. The smallest absolute Gasteiger partial charge is 0.257 e. The first kappa shape index (κ1) is 30.8. The number of halogens is 1. The quantitative estimate of drug-likeness (QED) is 0.301. The van der Waals surface area contributed by atoms with E-state index in [9.17, 15) is 18.8 Å². The summed E-state index contributed by atoms with van der Waals surface area (Å²) in [4.78, 5) is 51.2. The lowest BCUT2D eigenvalue weighted by atomic mass is 9.85. The number of nitrogens with one attached hydrogen (secondary N) is 4. The van der Waals surface area contributed by atoms with Crippen molar-refractivity contribution in [3.05, 3.63) is 48.5 Å². The summed E-state index contributed by atoms with van der Waals surface area (Å²) in [5, 5.41) is 12.3. The average Bonchev–Trinajstić information content (AvgIpc) is 3.51. The van der Waals surface area contributed by atoms with E-state index in [-0.39, 0.29) is 28.8 Å². The molecule has 1 aliphatic heterocycles. The number of carbonyl (C=O) groups is 3. The number of amides is 3. The molecule has 0 aliphatic carbocycles. The summed E-state index contributed by atoms with van der Waals surface area (Å²) in [5.41, 5.74) is 0.0484. The van der Waals surface area contributed by atoms with Gasteiger partial charge < -0.3 is 26.0 Å². The van der Waals surface area contributed by atoms with Gasteiger partial charge in [0, 0.05) is 11.5 Å². The van der Waals surface area contributed by atoms with E-state index in [2.05, 4.69) is 31.2 Å². The van der Waals surface area contributed by atoms with E-state index in [4.69, 9.17) is 4.74 Å². The number of hydrogen-bond acceptors (Lipinski definition) is 9. The molecular formula is C30H38FN7O4. The van der Waals surface area contributed by atoms with Crippen molar-refractivity contribution in [2.24, 2.45) is 5.41 Å². The molecule has 1 aliphatic rings. The second-order valence-corrected chi connectivity index (χ2v) is 11.3. The number of methoxy groups -OCH3 is 1. The number of imide groups is 1. The van der Waals surface area contributed by atoms with Crippen molar-refractivity contribution >= 4 is 45.8 Å². The summed E-state index contributed by atoms with van der Waals surface area (Å²) < 4.78 is 20.2. The standard InChI is InChI=1S/C30H38FN7O4/c1-17(32-5)27(39)37-25(30(2,3)4)29(41)38(28(40)21-12-9-13-33-21)23-14-18-22(15-24(23)42-6)34-16-35-26(18)36-20-11-8-7-10-19(20)31/h7-8,10-11,14-17,21,25,32-33H,9,12-13H2,1-6H3,(H,37,39)(H,34,35,36)/t17-,21-,25+/m0/s1. The van der Waals surface area contributed by atoms with Gasteiger partial charge >= 0.3 is 0 Å². The van der Waals surface area contributed by atoms with Gasteiger partial charge in [0.1, 0.15) is 29.8 Å². The summed E-state index contributed by atoms with van der Waals surface area (Å²) >= 11 is 0. The summed E-state index contributed by atoms with van der Waals surface area (Å²) in [6, 6.07) is 7.11. The number of hydrogen-bond donors (Lipinski definition) is 4. The minimum Gasteiger partial charge on any atom is -0.494 e. The first-order valence-electron chi connectivity index (χ1n) is 13.9. The number of likely N-dealkylation sites (N-methyl/N-ethyl adjacent to an activating group) is 1. The van der Waals surface area contributed by atoms with Crippen LogP contribution in [0.3, 0.4) is 0 Å². The Kier molecular flexibility index (Phi) is 9.37. The highest BCUT2D eigenvalue weighted by Gasteiger charge is 2.42. The van der Waals surface area contributed by atoms with Crippen molar-refractivity contribution in [3.63, 3.8) is 0 Å². The van der Waals surface area contributed by atoms with E-state index in [1.54, 1.807) is 44.3 Å². The van der Waals surface area contributed by atoms with E-state index in [1.165, 1.54) is 19.5 Å². The predicted octanol–water partition coefficient (Wildman–Crippen LogP) is 3.27. The molecule has 224 valence electrons. The number of fused-ring (bicyclic) bond motifs is 1. The number of aromatic nitrogens is 2. The molecule has 1 aromatic heterocycles. The zero-order valence-corrected chi connectivity index (χ0v) is 24.7. The van der Waals surface area contributed by atoms with Gasteiger partial charge in [-0.25, -0.2) is 19.3 Å². The second-order valence-electron chi connectivity index (χ2n) is 11.3. The molecule has 12 heteroatoms. The lowest BCUT2D eigenvalue weighted by Crippen LogP contribution is -2.60. The molecule has 11 nitrogen and oxygen atoms in total. The Morgan fingerprint density at radius 1 is 1.17 bits per heavy atom. The molecule has 1 fully saturated rings. The number of carbonyl (C=O) groups excluding carboxylic acids is 3. The molecule has 3 aromatic rings. The summed E-state index contributed by atoms with van der Waals surface area (Å²) in [6.07, 6.45) is 2.65. The van der Waals surface area contributed by atoms with Gasteiger partial charge in [-0.3, -0.25) is 14.4 Å². The first-order chi connectivity index (χ1) is 20.0. The molecule has 3 atom stereocenters. The van der Waals surface area contributed by atoms with Crippen LogP contribution in [0.25, 0.3) is 10.9 Å². The van der Waals surface area contributed by atoms with Crippen LogP contribution >= 0.6 is 0 Å². The molecule has 0 unspecified atom stereocenters. The Balaban J connectivity index is 1.88. The lowest BCUT2D eigenvalue weighted by molar-refractivity contribution is -0.134. The zero-order valence-electron chi connectivity index (χ0n) is 24.7. The van der Waals surface area contributed by atoms with Crippen LogP contribution in [-0.2, 0) is 14.4 Å². The van der Waals surface area contributed by atoms with Crippen molar-refractivity contribution in [1.82, 2.24) is 25.9 Å². The van der Waals surface area contributed by atoms with Gasteiger partial charge in [-0.15, -0.1) is 0 Å². The zero-order chi connectivity index (χ0) is 30.6. The molecule has 4 N–H and O–H groups in total. The van der Waals surface area contributed by atoms with E-state index >= 15 is 0 Å². The molecule has 0 radical (unpaired) electrons. The third-order valence-electron chi connectivity index (χ3n) is 7.33. The van der Waals surface area contributed by atoms with Gasteiger partial charge in [-0.05, 0) is 57.0 Å². The number of rotatable bonds is 9. The van der Waals surface area contributed by atoms with Crippen molar-refractivity contribution < 1.29 is 23.5 Å². The fraction of sp³-hybridized carbons (Fsp3) is 0.433. The predicted molar refractivity (Wildman–Crippen MR) is 159 cm³/mol. The topological polar surface area (TPSA) is 138 Å². The Morgan fingerprint density at radius 3 is 2.52 bits per heavy atom. The van der Waals surface area contributed by atoms with Crippen LogP contribution in [0.5, 0.6) is 5.75 Å². The molecule has 2 aromatic carbocycles. The van der Waals surface area contributed by atoms with Crippen LogP contribution in [-0.4, -0.2) is 66.5 Å². The number of para-hydroxylation sites is 1. The number of ether oxygens (including phenoxy) is 1. The van der Waals surface area contributed by atoms with Gasteiger partial charge in [-0.2, -0.15) is 0 Å². The van der Waals surface area contributed by atoms with Gasteiger partial charge in [0.05, 0.1) is 36.1 Å². The SMILES string of the molecule is CN[C@@H](C)C(=O)N[C@H](C(=O)N(C(=O)[C@@H]1CCCN1)c1cc2c(Nc3ccccc3F)ncnc2cc1OC)C(C)(C)C. The second kappa shape index (κ2) is 12.8. The molecule has 42 heavy (non-hydrogen) atoms. The Morgan fingerprint density at radius 2 is 1.90 bits per heavy atom. The van der Waals surface area contributed by atoms with Crippen LogP contribution in [0.1, 0.15) is 40.5 Å². The third-order valence-corrected chi connectivity index (χ3v) is 7.33. The maximum absolute atomic E-state index is 14.5. The van der Waals surface area contributed by atoms with Crippen LogP contribution in [0, 0.1) is 11.2 Å². The largest absolute Gasteiger partial charge is 0.494 e. The van der Waals surface area contributed by atoms with E-state index < -0.39 is 41.2 Å². The Labute approximate surface area is 244 Å². The van der Waals surface area contributed by atoms with Crippen molar-refractivity contribution in [2.45, 2.75) is 58.7 Å². The summed E-state index contributed by atoms with van der Waals surface area (Å²) in [6.45, 7) is 7.77. The highest BCUT2D eigenvalue weighted by atomic mass is 19.1. The van der Waals surface area contributed by atoms with Crippen molar-refractivity contribution in [1.29, 1.82) is 0 Å². The molecule has 0 spiro atoms. The molecule has 0 saturated carbocycles. The van der Waals surface area contributed by atoms with Crippen LogP contribution in [0.4, 0.5) is 21.6 Å². The minimum atomic E-state index is -1.06. The molecule has 2 heterocycles. The molecule has 1 saturated heterocycles. The maximum Gasteiger partial charge on any atom is 0.257 e. The van der Waals surface area contributed by atoms with Gasteiger partial charge in [0.15, 0.2) is 0 Å². The van der Waals surface area contributed by atoms with Gasteiger partial charge in [0.25, 0.3) is 11.8 Å². The third kappa shape index (κ3) is 6.50. The number of anilines is 3. The highest BCUT2D eigenvalue weighted by Crippen LogP contribution is 2.37. The summed E-state index contributed by atoms with van der Waals surface area (Å²) in [5.74, 6) is -1.45. The lowest BCUT2D eigenvalue weighted by Gasteiger charge is -2.36. The van der Waals surface area contributed by atoms with Gasteiger partial charge in [0.2, 0.25) is 5.91 Å². The van der Waals surface area contributed by atoms with Crippen molar-refractivity contribution in [2.75, 3.05) is 30.9 Å². The van der Waals surface area contributed by atoms with Gasteiger partial charge in [-0.1, -0.05) is 32.9 Å². The number of benzene rings is 2. The van der Waals surface area contributed by atoms with Crippen LogP contribution < -0.4 is 30.9 Å². The van der Waals surface area contributed by atoms with Crippen LogP contribution in [0.2, 0.25) is 0 Å². The Bertz CT molecular complexity index is 1470. The number of nitrogens with zero attached hydrogens (tertiary/aromatic N) is 3. The fourth-order valence-corrected chi connectivity index (χ4v) is 4.77. The van der Waals surface area contributed by atoms with E-state index in [0.717, 1.165) is 11.3 Å². The fourth-order valence-electron chi connectivity index (χ4n) is 4.77. The van der Waals surface area contributed by atoms with Crippen molar-refractivity contribution in [3.8, 4) is 5.75 Å². The molecule has 0 bridgehead atoms. The monoisotopic (exact) mass is 579 g/mol. The molecule has 4 rings (SSSR count).